The predicted octanol–water partition coefficient (Wildman–Crippen LogP) is 4.32. The van der Waals surface area contributed by atoms with Crippen LogP contribution in [0.2, 0.25) is 0 Å². The third kappa shape index (κ3) is 2.95. The number of ether oxygens (including phenoxy) is 1. The number of para-hydroxylation sites is 1. The number of fused-ring (bicyclic) bond motifs is 1. The van der Waals surface area contributed by atoms with Gasteiger partial charge in [-0.1, -0.05) is 31.2 Å². The van der Waals surface area contributed by atoms with Gasteiger partial charge < -0.3 is 4.74 Å². The van der Waals surface area contributed by atoms with Crippen molar-refractivity contribution in [3.05, 3.63) is 59.1 Å². The maximum atomic E-state index is 12.5. The zero-order valence-corrected chi connectivity index (χ0v) is 12.5. The molecule has 0 aliphatic carbocycles. The summed E-state index contributed by atoms with van der Waals surface area (Å²) in [5.41, 5.74) is 1.48. The molecule has 21 heavy (non-hydrogen) atoms. The highest BCUT2D eigenvalue weighted by atomic mass is 32.1. The minimum absolute atomic E-state index is 0.0573. The Morgan fingerprint density at radius 2 is 2.05 bits per heavy atom. The fourth-order valence-electron chi connectivity index (χ4n) is 2.04. The Kier molecular flexibility index (Phi) is 3.97. The summed E-state index contributed by atoms with van der Waals surface area (Å²) < 4.78 is 6.60. The molecule has 0 aliphatic heterocycles. The highest BCUT2D eigenvalue weighted by Crippen LogP contribution is 2.24. The van der Waals surface area contributed by atoms with E-state index in [1.165, 1.54) is 11.3 Å². The summed E-state index contributed by atoms with van der Waals surface area (Å²) in [6.07, 6.45) is 0.941. The van der Waals surface area contributed by atoms with Crippen LogP contribution in [0.5, 0.6) is 5.75 Å². The fourth-order valence-corrected chi connectivity index (χ4v) is 2.97. The first-order chi connectivity index (χ1) is 10.3. The Hall–Kier alpha value is -2.20. The maximum absolute atomic E-state index is 12.5. The van der Waals surface area contributed by atoms with E-state index in [4.69, 9.17) is 4.74 Å². The molecule has 0 unspecified atom stereocenters. The molecular weight excluding hydrogens is 282 g/mol. The molecule has 2 aromatic carbocycles. The van der Waals surface area contributed by atoms with Crippen molar-refractivity contribution >= 4 is 27.3 Å². The Morgan fingerprint density at radius 3 is 2.86 bits per heavy atom. The van der Waals surface area contributed by atoms with Crippen LogP contribution in [0.3, 0.4) is 0 Å². The van der Waals surface area contributed by atoms with Gasteiger partial charge >= 0.3 is 0 Å². The zero-order valence-electron chi connectivity index (χ0n) is 11.7. The maximum Gasteiger partial charge on any atom is 0.221 e. The van der Waals surface area contributed by atoms with Crippen molar-refractivity contribution in [3.8, 4) is 5.75 Å². The minimum Gasteiger partial charge on any atom is -0.494 e. The number of ketones is 1. The van der Waals surface area contributed by atoms with E-state index < -0.39 is 0 Å². The molecule has 0 aliphatic rings. The highest BCUT2D eigenvalue weighted by Gasteiger charge is 2.14. The Morgan fingerprint density at radius 1 is 1.19 bits per heavy atom. The average Bonchev–Trinajstić information content (AvgIpc) is 2.96. The summed E-state index contributed by atoms with van der Waals surface area (Å²) in [6, 6.07) is 15.1. The van der Waals surface area contributed by atoms with Crippen LogP contribution < -0.4 is 4.74 Å². The molecule has 0 atom stereocenters. The van der Waals surface area contributed by atoms with E-state index in [-0.39, 0.29) is 5.78 Å². The lowest BCUT2D eigenvalue weighted by molar-refractivity contribution is 0.103. The molecule has 0 N–H and O–H groups in total. The quantitative estimate of drug-likeness (QED) is 0.658. The second-order valence-electron chi connectivity index (χ2n) is 4.69. The Labute approximate surface area is 127 Å². The van der Waals surface area contributed by atoms with Crippen LogP contribution in [0.1, 0.15) is 28.7 Å². The number of benzene rings is 2. The number of hydrogen-bond donors (Lipinski definition) is 0. The molecule has 3 nitrogen and oxygen atoms in total. The molecule has 0 radical (unpaired) electrons. The molecule has 106 valence electrons. The molecule has 1 heterocycles. The molecule has 0 amide bonds. The molecule has 3 aromatic rings. The fraction of sp³-hybridized carbons (Fsp3) is 0.176. The van der Waals surface area contributed by atoms with E-state index in [1.54, 1.807) is 12.1 Å². The van der Waals surface area contributed by atoms with Gasteiger partial charge in [-0.2, -0.15) is 0 Å². The summed E-state index contributed by atoms with van der Waals surface area (Å²) in [7, 11) is 0. The van der Waals surface area contributed by atoms with E-state index >= 15 is 0 Å². The van der Waals surface area contributed by atoms with E-state index in [1.807, 2.05) is 36.4 Å². The van der Waals surface area contributed by atoms with Crippen molar-refractivity contribution < 1.29 is 9.53 Å². The van der Waals surface area contributed by atoms with Gasteiger partial charge in [-0.15, -0.1) is 11.3 Å². The Balaban J connectivity index is 1.90. The zero-order chi connectivity index (χ0) is 14.7. The lowest BCUT2D eigenvalue weighted by atomic mass is 10.1. The first kappa shape index (κ1) is 13.8. The first-order valence-corrected chi connectivity index (χ1v) is 7.72. The summed E-state index contributed by atoms with van der Waals surface area (Å²) in [4.78, 5) is 16.9. The van der Waals surface area contributed by atoms with Gasteiger partial charge in [0, 0.05) is 5.56 Å². The minimum atomic E-state index is -0.0573. The normalized spacial score (nSPS) is 10.7. The monoisotopic (exact) mass is 297 g/mol. The smallest absolute Gasteiger partial charge is 0.221 e. The van der Waals surface area contributed by atoms with Crippen molar-refractivity contribution in [2.24, 2.45) is 0 Å². The lowest BCUT2D eigenvalue weighted by Gasteiger charge is -2.05. The number of thiazole rings is 1. The van der Waals surface area contributed by atoms with Crippen molar-refractivity contribution in [1.29, 1.82) is 0 Å². The number of nitrogens with zero attached hydrogens (tertiary/aromatic N) is 1. The van der Waals surface area contributed by atoms with Gasteiger partial charge in [0.25, 0.3) is 0 Å². The molecule has 4 heteroatoms. The molecular formula is C17H15NO2S. The third-order valence-corrected chi connectivity index (χ3v) is 4.09. The van der Waals surface area contributed by atoms with E-state index in [2.05, 4.69) is 11.9 Å². The van der Waals surface area contributed by atoms with Crippen molar-refractivity contribution in [3.63, 3.8) is 0 Å². The van der Waals surface area contributed by atoms with Crippen molar-refractivity contribution in [1.82, 2.24) is 4.98 Å². The largest absolute Gasteiger partial charge is 0.494 e. The highest BCUT2D eigenvalue weighted by molar-refractivity contribution is 7.20. The lowest BCUT2D eigenvalue weighted by Crippen LogP contribution is -2.02. The number of hydrogen-bond acceptors (Lipinski definition) is 4. The number of rotatable bonds is 5. The van der Waals surface area contributed by atoms with Crippen LogP contribution in [0.25, 0.3) is 10.2 Å². The van der Waals surface area contributed by atoms with Gasteiger partial charge in [0.05, 0.1) is 16.8 Å². The van der Waals surface area contributed by atoms with Gasteiger partial charge in [0.15, 0.2) is 5.01 Å². The molecule has 0 fully saturated rings. The van der Waals surface area contributed by atoms with Crippen LogP contribution in [-0.4, -0.2) is 17.4 Å². The van der Waals surface area contributed by atoms with Gasteiger partial charge in [-0.25, -0.2) is 4.98 Å². The van der Waals surface area contributed by atoms with E-state index in [0.717, 1.165) is 22.4 Å². The first-order valence-electron chi connectivity index (χ1n) is 6.91. The third-order valence-electron chi connectivity index (χ3n) is 3.06. The second kappa shape index (κ2) is 6.06. The van der Waals surface area contributed by atoms with Gasteiger partial charge in [0.1, 0.15) is 5.75 Å². The number of carbonyl (C=O) groups excluding carboxylic acids is 1. The second-order valence-corrected chi connectivity index (χ2v) is 5.72. The summed E-state index contributed by atoms with van der Waals surface area (Å²) in [6.45, 7) is 2.70. The van der Waals surface area contributed by atoms with Crippen LogP contribution in [0.15, 0.2) is 48.5 Å². The van der Waals surface area contributed by atoms with Crippen molar-refractivity contribution in [2.75, 3.05) is 6.61 Å². The summed E-state index contributed by atoms with van der Waals surface area (Å²) in [5, 5.41) is 0.517. The molecule has 0 spiro atoms. The topological polar surface area (TPSA) is 39.2 Å². The summed E-state index contributed by atoms with van der Waals surface area (Å²) >= 11 is 1.42. The number of carbonyl (C=O) groups is 1. The van der Waals surface area contributed by atoms with E-state index in [0.29, 0.717) is 17.2 Å². The number of aromatic nitrogens is 1. The summed E-state index contributed by atoms with van der Waals surface area (Å²) in [5.74, 6) is 0.668. The van der Waals surface area contributed by atoms with Crippen LogP contribution in [0.4, 0.5) is 0 Å². The molecule has 0 saturated heterocycles. The Bertz CT molecular complexity index is 746. The van der Waals surface area contributed by atoms with Crippen LogP contribution in [-0.2, 0) is 0 Å². The van der Waals surface area contributed by atoms with E-state index in [9.17, 15) is 4.79 Å². The van der Waals surface area contributed by atoms with Crippen LogP contribution in [0, 0.1) is 0 Å². The molecule has 3 rings (SSSR count). The van der Waals surface area contributed by atoms with Crippen molar-refractivity contribution in [2.45, 2.75) is 13.3 Å². The molecule has 0 saturated carbocycles. The average molecular weight is 297 g/mol. The standard InChI is InChI=1S/C17H15NO2S/c1-2-10-20-13-7-5-6-12(11-13)16(19)17-18-14-8-3-4-9-15(14)21-17/h3-9,11H,2,10H2,1H3. The molecule has 0 bridgehead atoms. The van der Waals surface area contributed by atoms with Gasteiger partial charge in [0.2, 0.25) is 5.78 Å². The SMILES string of the molecule is CCCOc1cccc(C(=O)c2nc3ccccc3s2)c1. The molecule has 1 aromatic heterocycles. The van der Waals surface area contributed by atoms with Gasteiger partial charge in [-0.05, 0) is 30.7 Å². The van der Waals surface area contributed by atoms with Gasteiger partial charge in [-0.3, -0.25) is 4.79 Å². The predicted molar refractivity (Wildman–Crippen MR) is 85.3 cm³/mol. The van der Waals surface area contributed by atoms with Crippen LogP contribution >= 0.6 is 11.3 Å².